The number of rotatable bonds is 4. The number of carbonyl (C=O) groups is 1. The van der Waals surface area contributed by atoms with Crippen molar-refractivity contribution in [3.63, 3.8) is 0 Å². The number of carbonyl (C=O) groups excluding carboxylic acids is 1. The summed E-state index contributed by atoms with van der Waals surface area (Å²) in [5.41, 5.74) is 4.66. The van der Waals surface area contributed by atoms with Gasteiger partial charge in [-0.2, -0.15) is 0 Å². The summed E-state index contributed by atoms with van der Waals surface area (Å²) >= 11 is 9.47. The summed E-state index contributed by atoms with van der Waals surface area (Å²) in [4.78, 5) is 23.3. The smallest absolute Gasteiger partial charge is 0.230 e. The van der Waals surface area contributed by atoms with Crippen LogP contribution in [0, 0.1) is 13.8 Å². The lowest BCUT2D eigenvalue weighted by Gasteiger charge is -2.21. The number of nitrogens with zero attached hydrogens (tertiary/aromatic N) is 3. The minimum atomic E-state index is -0.0825. The Morgan fingerprint density at radius 1 is 1.10 bits per heavy atom. The Morgan fingerprint density at radius 3 is 2.66 bits per heavy atom. The van der Waals surface area contributed by atoms with Gasteiger partial charge in [0, 0.05) is 12.3 Å². The van der Waals surface area contributed by atoms with Crippen molar-refractivity contribution in [2.75, 3.05) is 4.90 Å². The van der Waals surface area contributed by atoms with Crippen molar-refractivity contribution in [3.05, 3.63) is 69.7 Å². The fraction of sp³-hybridized carbons (Fsp3) is 0.136. The van der Waals surface area contributed by atoms with Gasteiger partial charge in [0.15, 0.2) is 5.13 Å². The van der Waals surface area contributed by atoms with E-state index < -0.39 is 0 Å². The fourth-order valence-electron chi connectivity index (χ4n) is 3.00. The van der Waals surface area contributed by atoms with Gasteiger partial charge in [-0.05, 0) is 49.2 Å². The van der Waals surface area contributed by atoms with Crippen LogP contribution in [0.3, 0.4) is 0 Å². The molecule has 0 saturated heterocycles. The molecule has 2 aromatic heterocycles. The van der Waals surface area contributed by atoms with Gasteiger partial charge >= 0.3 is 0 Å². The third-order valence-corrected chi connectivity index (χ3v) is 6.92. The van der Waals surface area contributed by atoms with Crippen molar-refractivity contribution in [2.45, 2.75) is 20.8 Å². The zero-order valence-electron chi connectivity index (χ0n) is 16.1. The van der Waals surface area contributed by atoms with Gasteiger partial charge in [-0.1, -0.05) is 35.9 Å². The first kappa shape index (κ1) is 19.8. The van der Waals surface area contributed by atoms with Gasteiger partial charge in [0.1, 0.15) is 5.01 Å². The van der Waals surface area contributed by atoms with Crippen LogP contribution in [0.2, 0.25) is 0 Å². The number of aryl methyl sites for hydroxylation is 1. The third kappa shape index (κ3) is 3.96. The zero-order valence-corrected chi connectivity index (χ0v) is 18.5. The molecule has 0 unspecified atom stereocenters. The monoisotopic (exact) mass is 439 g/mol. The zero-order chi connectivity index (χ0) is 20.5. The first-order chi connectivity index (χ1) is 13.9. The van der Waals surface area contributed by atoms with Crippen LogP contribution in [0.5, 0.6) is 0 Å². The van der Waals surface area contributed by atoms with Crippen LogP contribution in [0.1, 0.15) is 28.8 Å². The normalized spacial score (nSPS) is 11.8. The minimum absolute atomic E-state index is 0.0825. The molecular formula is C22H18ClN3OS2. The number of hydrogen-bond acceptors (Lipinski definition) is 5. The minimum Gasteiger partial charge on any atom is -0.274 e. The van der Waals surface area contributed by atoms with Crippen LogP contribution >= 0.6 is 34.3 Å². The second-order valence-corrected chi connectivity index (χ2v) is 8.88. The summed E-state index contributed by atoms with van der Waals surface area (Å²) in [6.45, 7) is 5.59. The lowest BCUT2D eigenvalue weighted by atomic mass is 10.1. The number of thiazole rings is 2. The van der Waals surface area contributed by atoms with Crippen LogP contribution in [0.4, 0.5) is 10.8 Å². The van der Waals surface area contributed by atoms with E-state index in [0.29, 0.717) is 15.9 Å². The predicted molar refractivity (Wildman–Crippen MR) is 124 cm³/mol. The molecule has 2 aromatic carbocycles. The van der Waals surface area contributed by atoms with Crippen molar-refractivity contribution >= 4 is 72.3 Å². The van der Waals surface area contributed by atoms with Gasteiger partial charge < -0.3 is 0 Å². The molecule has 0 fully saturated rings. The van der Waals surface area contributed by atoms with E-state index in [-0.39, 0.29) is 5.91 Å². The van der Waals surface area contributed by atoms with Crippen LogP contribution in [-0.4, -0.2) is 15.9 Å². The Bertz CT molecular complexity index is 1210. The number of para-hydroxylation sites is 1. The van der Waals surface area contributed by atoms with Gasteiger partial charge in [0.25, 0.3) is 0 Å². The molecule has 0 bridgehead atoms. The highest BCUT2D eigenvalue weighted by molar-refractivity contribution is 7.20. The second-order valence-electron chi connectivity index (χ2n) is 6.61. The van der Waals surface area contributed by atoms with Crippen molar-refractivity contribution in [3.8, 4) is 0 Å². The lowest BCUT2D eigenvalue weighted by molar-refractivity contribution is -0.115. The molecule has 0 aliphatic carbocycles. The topological polar surface area (TPSA) is 46.1 Å². The molecule has 0 atom stereocenters. The second kappa shape index (κ2) is 8.06. The molecule has 1 amide bonds. The summed E-state index contributed by atoms with van der Waals surface area (Å²) in [6, 6.07) is 13.9. The molecule has 0 spiro atoms. The molecular weight excluding hydrogens is 422 g/mol. The first-order valence-corrected chi connectivity index (χ1v) is 11.1. The molecule has 29 heavy (non-hydrogen) atoms. The van der Waals surface area contributed by atoms with E-state index in [2.05, 4.69) is 9.97 Å². The first-order valence-electron chi connectivity index (χ1n) is 8.99. The molecule has 2 heterocycles. The molecule has 0 aliphatic heterocycles. The number of anilines is 2. The van der Waals surface area contributed by atoms with E-state index >= 15 is 0 Å². The molecule has 146 valence electrons. The lowest BCUT2D eigenvalue weighted by Crippen LogP contribution is -2.23. The van der Waals surface area contributed by atoms with Gasteiger partial charge in [-0.3, -0.25) is 9.69 Å². The SMILES string of the molecule is CC(=O)N(c1nc(C=C(Cl)c2nc3ccccc3s2)cs1)c1cccc(C)c1C. The summed E-state index contributed by atoms with van der Waals surface area (Å²) in [7, 11) is 0. The van der Waals surface area contributed by atoms with Crippen LogP contribution in [0.25, 0.3) is 21.3 Å². The molecule has 4 nitrogen and oxygen atoms in total. The van der Waals surface area contributed by atoms with Crippen molar-refractivity contribution < 1.29 is 4.79 Å². The fourth-order valence-corrected chi connectivity index (χ4v) is 4.98. The summed E-state index contributed by atoms with van der Waals surface area (Å²) in [5.74, 6) is -0.0825. The Morgan fingerprint density at radius 2 is 1.90 bits per heavy atom. The standard InChI is InChI=1S/C22H18ClN3OS2/c1-13-7-6-9-19(14(13)2)26(15(3)27)22-24-16(12-28-22)11-17(23)21-25-18-8-4-5-10-20(18)29-21/h4-12H,1-3H3. The van der Waals surface area contributed by atoms with E-state index in [1.165, 1.54) is 11.3 Å². The third-order valence-electron chi connectivity index (χ3n) is 4.61. The molecule has 0 aliphatic rings. The van der Waals surface area contributed by atoms with E-state index in [1.54, 1.807) is 29.2 Å². The van der Waals surface area contributed by atoms with Crippen molar-refractivity contribution in [1.29, 1.82) is 0 Å². The number of fused-ring (bicyclic) bond motifs is 1. The Balaban J connectivity index is 1.68. The van der Waals surface area contributed by atoms with E-state index in [4.69, 9.17) is 11.6 Å². The average Bonchev–Trinajstić information content (AvgIpc) is 3.32. The summed E-state index contributed by atoms with van der Waals surface area (Å²) in [6.07, 6.45) is 1.79. The van der Waals surface area contributed by atoms with E-state index in [0.717, 1.165) is 32.0 Å². The van der Waals surface area contributed by atoms with Crippen LogP contribution in [-0.2, 0) is 4.79 Å². The van der Waals surface area contributed by atoms with Gasteiger partial charge in [-0.25, -0.2) is 9.97 Å². The van der Waals surface area contributed by atoms with Gasteiger partial charge in [-0.15, -0.1) is 22.7 Å². The Kier molecular flexibility index (Phi) is 5.50. The molecule has 7 heteroatoms. The highest BCUT2D eigenvalue weighted by atomic mass is 35.5. The number of aromatic nitrogens is 2. The Hall–Kier alpha value is -2.54. The maximum Gasteiger partial charge on any atom is 0.230 e. The van der Waals surface area contributed by atoms with E-state index in [9.17, 15) is 4.79 Å². The molecule has 4 rings (SSSR count). The highest BCUT2D eigenvalue weighted by Gasteiger charge is 2.20. The quantitative estimate of drug-likeness (QED) is 0.351. The number of amides is 1. The molecule has 0 radical (unpaired) electrons. The van der Waals surface area contributed by atoms with Crippen LogP contribution < -0.4 is 4.90 Å². The average molecular weight is 440 g/mol. The number of hydrogen-bond donors (Lipinski definition) is 0. The summed E-state index contributed by atoms with van der Waals surface area (Å²) < 4.78 is 1.09. The van der Waals surface area contributed by atoms with Crippen molar-refractivity contribution in [2.24, 2.45) is 0 Å². The largest absolute Gasteiger partial charge is 0.274 e. The van der Waals surface area contributed by atoms with Crippen molar-refractivity contribution in [1.82, 2.24) is 9.97 Å². The van der Waals surface area contributed by atoms with Crippen LogP contribution in [0.15, 0.2) is 47.8 Å². The maximum atomic E-state index is 12.4. The molecule has 4 aromatic rings. The van der Waals surface area contributed by atoms with Gasteiger partial charge in [0.2, 0.25) is 5.91 Å². The predicted octanol–water partition coefficient (Wildman–Crippen LogP) is 6.79. The number of halogens is 1. The molecule has 0 N–H and O–H groups in total. The molecule has 0 saturated carbocycles. The Labute approximate surface area is 182 Å². The van der Waals surface area contributed by atoms with Gasteiger partial charge in [0.05, 0.1) is 26.6 Å². The summed E-state index contributed by atoms with van der Waals surface area (Å²) in [5, 5.41) is 3.79. The number of benzene rings is 2. The highest BCUT2D eigenvalue weighted by Crippen LogP contribution is 2.34. The van der Waals surface area contributed by atoms with E-state index in [1.807, 2.05) is 61.7 Å². The maximum absolute atomic E-state index is 12.4.